The second-order valence-electron chi connectivity index (χ2n) is 14.5. The summed E-state index contributed by atoms with van der Waals surface area (Å²) >= 11 is 12.7. The van der Waals surface area contributed by atoms with Crippen molar-refractivity contribution in [1.82, 2.24) is 9.91 Å². The number of hydrogen-bond donors (Lipinski definition) is 2. The van der Waals surface area contributed by atoms with E-state index in [9.17, 15) is 19.5 Å². The molecule has 3 aromatic rings. The third kappa shape index (κ3) is 5.20. The standard InChI is InChI=1S/C39H39Cl2N3O7/c1-6-51-30-9-7-8-25(33(30)45)32-23-15-16-24-31(36(48)43(34(24)46)38(2,3)4)26(23)19-27-35(47)44(42-29-17-12-21(40)18-28(29)41)37(49)39(27,32)20-10-13-22(50-5)14-11-20/h7-15,17-18,24,26-27,31-32,42,45H,6,16,19H2,1-5H3. The van der Waals surface area contributed by atoms with Gasteiger partial charge in [0.1, 0.15) is 5.75 Å². The number of phenols is 1. The molecule has 1 saturated carbocycles. The van der Waals surface area contributed by atoms with Crippen LogP contribution in [-0.4, -0.2) is 57.9 Å². The van der Waals surface area contributed by atoms with E-state index in [2.05, 4.69) is 5.43 Å². The predicted molar refractivity (Wildman–Crippen MR) is 192 cm³/mol. The molecule has 3 fully saturated rings. The average Bonchev–Trinajstić information content (AvgIpc) is 3.48. The van der Waals surface area contributed by atoms with E-state index in [1.807, 2.05) is 26.8 Å². The quantitative estimate of drug-likeness (QED) is 0.199. The van der Waals surface area contributed by atoms with E-state index in [0.29, 0.717) is 21.9 Å². The zero-order chi connectivity index (χ0) is 36.6. The number of likely N-dealkylation sites (tertiary alicyclic amines) is 1. The van der Waals surface area contributed by atoms with E-state index in [4.69, 9.17) is 32.7 Å². The summed E-state index contributed by atoms with van der Waals surface area (Å²) in [6, 6.07) is 16.8. The summed E-state index contributed by atoms with van der Waals surface area (Å²) in [6.07, 6.45) is 2.32. The van der Waals surface area contributed by atoms with Gasteiger partial charge in [0, 0.05) is 22.0 Å². The van der Waals surface area contributed by atoms with Crippen LogP contribution in [0.4, 0.5) is 5.69 Å². The minimum absolute atomic E-state index is 0.107. The van der Waals surface area contributed by atoms with Crippen LogP contribution in [0.15, 0.2) is 72.3 Å². The van der Waals surface area contributed by atoms with Crippen LogP contribution in [0, 0.1) is 23.7 Å². The number of nitrogens with one attached hydrogen (secondary N) is 1. The van der Waals surface area contributed by atoms with Crippen LogP contribution in [0.1, 0.15) is 57.6 Å². The fourth-order valence-electron chi connectivity index (χ4n) is 8.89. The predicted octanol–water partition coefficient (Wildman–Crippen LogP) is 6.89. The van der Waals surface area contributed by atoms with E-state index < -0.39 is 52.4 Å². The third-order valence-corrected chi connectivity index (χ3v) is 11.4. The van der Waals surface area contributed by atoms with Gasteiger partial charge in [0.2, 0.25) is 11.8 Å². The number of ether oxygens (including phenoxy) is 2. The molecule has 51 heavy (non-hydrogen) atoms. The number of rotatable bonds is 7. The fraction of sp³-hybridized carbons (Fsp3) is 0.385. The zero-order valence-electron chi connectivity index (χ0n) is 28.9. The first-order valence-electron chi connectivity index (χ1n) is 17.0. The minimum Gasteiger partial charge on any atom is -0.504 e. The molecule has 0 aromatic heterocycles. The Morgan fingerprint density at radius 3 is 2.33 bits per heavy atom. The number of fused-ring (bicyclic) bond motifs is 4. The Kier molecular flexibility index (Phi) is 8.62. The maximum absolute atomic E-state index is 15.4. The van der Waals surface area contributed by atoms with Crippen molar-refractivity contribution in [2.24, 2.45) is 23.7 Å². The highest BCUT2D eigenvalue weighted by molar-refractivity contribution is 6.36. The van der Waals surface area contributed by atoms with Gasteiger partial charge in [0.05, 0.1) is 47.6 Å². The summed E-state index contributed by atoms with van der Waals surface area (Å²) in [5.41, 5.74) is 2.52. The Labute approximate surface area is 306 Å². The molecule has 6 unspecified atom stereocenters. The van der Waals surface area contributed by atoms with E-state index in [0.717, 1.165) is 10.6 Å². The summed E-state index contributed by atoms with van der Waals surface area (Å²) in [7, 11) is 1.54. The molecule has 12 heteroatoms. The molecule has 0 spiro atoms. The molecule has 10 nitrogen and oxygen atoms in total. The summed E-state index contributed by atoms with van der Waals surface area (Å²) in [5.74, 6) is -4.94. The third-order valence-electron chi connectivity index (χ3n) is 10.9. The Morgan fingerprint density at radius 1 is 0.961 bits per heavy atom. The van der Waals surface area contributed by atoms with Crippen molar-refractivity contribution in [3.63, 3.8) is 0 Å². The molecule has 7 rings (SSSR count). The largest absolute Gasteiger partial charge is 0.504 e. The average molecular weight is 733 g/mol. The van der Waals surface area contributed by atoms with Crippen molar-refractivity contribution in [2.45, 2.75) is 57.4 Å². The fourth-order valence-corrected chi connectivity index (χ4v) is 9.34. The topological polar surface area (TPSA) is 125 Å². The number of carbonyl (C=O) groups excluding carboxylic acids is 4. The van der Waals surface area contributed by atoms with Gasteiger partial charge in [0.15, 0.2) is 11.5 Å². The first-order valence-corrected chi connectivity index (χ1v) is 17.8. The Hall–Kier alpha value is -4.54. The van der Waals surface area contributed by atoms with Crippen molar-refractivity contribution >= 4 is 52.5 Å². The molecular weight excluding hydrogens is 693 g/mol. The van der Waals surface area contributed by atoms with Crippen LogP contribution in [-0.2, 0) is 24.6 Å². The van der Waals surface area contributed by atoms with Crippen LogP contribution in [0.2, 0.25) is 10.0 Å². The summed E-state index contributed by atoms with van der Waals surface area (Å²) in [4.78, 5) is 59.8. The van der Waals surface area contributed by atoms with Crippen molar-refractivity contribution in [2.75, 3.05) is 19.1 Å². The number of nitrogens with zero attached hydrogens (tertiary/aromatic N) is 2. The number of carbonyl (C=O) groups is 4. The highest BCUT2D eigenvalue weighted by Gasteiger charge is 2.71. The molecule has 2 saturated heterocycles. The number of hydrazine groups is 1. The normalized spacial score (nSPS) is 27.2. The number of phenolic OH excluding ortho intramolecular Hbond substituents is 1. The monoisotopic (exact) mass is 731 g/mol. The summed E-state index contributed by atoms with van der Waals surface area (Å²) < 4.78 is 11.3. The summed E-state index contributed by atoms with van der Waals surface area (Å²) in [5, 5.41) is 13.5. The molecular formula is C39H39Cl2N3O7. The van der Waals surface area contributed by atoms with Gasteiger partial charge in [-0.05, 0) is 88.4 Å². The first kappa shape index (κ1) is 34.9. The maximum Gasteiger partial charge on any atom is 0.260 e. The second-order valence-corrected chi connectivity index (χ2v) is 15.4. The Bertz CT molecular complexity index is 1990. The number of allylic oxidation sites excluding steroid dienone is 2. The van der Waals surface area contributed by atoms with E-state index in [1.54, 1.807) is 61.5 Å². The number of aromatic hydroxyl groups is 1. The molecule has 266 valence electrons. The van der Waals surface area contributed by atoms with E-state index in [-0.39, 0.29) is 53.5 Å². The highest BCUT2D eigenvalue weighted by Crippen LogP contribution is 2.65. The Balaban J connectivity index is 1.49. The molecule has 4 amide bonds. The molecule has 4 aliphatic rings. The lowest BCUT2D eigenvalue weighted by molar-refractivity contribution is -0.146. The van der Waals surface area contributed by atoms with Crippen LogP contribution >= 0.6 is 23.2 Å². The highest BCUT2D eigenvalue weighted by atomic mass is 35.5. The van der Waals surface area contributed by atoms with Crippen molar-refractivity contribution in [1.29, 1.82) is 0 Å². The molecule has 0 bridgehead atoms. The van der Waals surface area contributed by atoms with Crippen LogP contribution in [0.5, 0.6) is 17.2 Å². The molecule has 6 atom stereocenters. The second kappa shape index (κ2) is 12.6. The molecule has 2 N–H and O–H groups in total. The number of halogens is 2. The molecule has 0 radical (unpaired) electrons. The van der Waals surface area contributed by atoms with Crippen molar-refractivity contribution in [3.05, 3.63) is 93.5 Å². The van der Waals surface area contributed by atoms with Crippen LogP contribution in [0.3, 0.4) is 0 Å². The minimum atomic E-state index is -1.61. The summed E-state index contributed by atoms with van der Waals surface area (Å²) in [6.45, 7) is 7.56. The van der Waals surface area contributed by atoms with Gasteiger partial charge in [-0.15, -0.1) is 0 Å². The van der Waals surface area contributed by atoms with E-state index >= 15 is 4.79 Å². The van der Waals surface area contributed by atoms with Gasteiger partial charge in [-0.25, -0.2) is 0 Å². The SMILES string of the molecule is CCOc1cccc(C2C3=CCC4C(=O)N(C(C)(C)C)C(=O)C4C3CC3C(=O)N(Nc4ccc(Cl)cc4Cl)C(=O)C32c2ccc(OC)cc2)c1O. The van der Waals surface area contributed by atoms with Crippen molar-refractivity contribution in [3.8, 4) is 17.2 Å². The Morgan fingerprint density at radius 2 is 1.69 bits per heavy atom. The number of anilines is 1. The smallest absolute Gasteiger partial charge is 0.260 e. The molecule has 3 aromatic carbocycles. The lowest BCUT2D eigenvalue weighted by Gasteiger charge is -2.50. The number of amides is 4. The van der Waals surface area contributed by atoms with Gasteiger partial charge in [-0.2, -0.15) is 5.01 Å². The number of para-hydroxylation sites is 1. The van der Waals surface area contributed by atoms with Gasteiger partial charge >= 0.3 is 0 Å². The van der Waals surface area contributed by atoms with Gasteiger partial charge < -0.3 is 14.6 Å². The van der Waals surface area contributed by atoms with Gasteiger partial charge in [-0.3, -0.25) is 29.5 Å². The number of imide groups is 2. The molecule has 2 heterocycles. The van der Waals surface area contributed by atoms with E-state index in [1.165, 1.54) is 18.1 Å². The zero-order valence-corrected chi connectivity index (χ0v) is 30.4. The van der Waals surface area contributed by atoms with Crippen LogP contribution < -0.4 is 14.9 Å². The number of benzene rings is 3. The number of methoxy groups -OCH3 is 1. The van der Waals surface area contributed by atoms with Gasteiger partial charge in [-0.1, -0.05) is 59.1 Å². The number of hydrogen-bond acceptors (Lipinski definition) is 8. The molecule has 2 aliphatic heterocycles. The molecule has 2 aliphatic carbocycles. The van der Waals surface area contributed by atoms with Crippen molar-refractivity contribution < 1.29 is 33.8 Å². The lowest BCUT2D eigenvalue weighted by atomic mass is 9.49. The van der Waals surface area contributed by atoms with Gasteiger partial charge in [0.25, 0.3) is 11.8 Å². The lowest BCUT2D eigenvalue weighted by Crippen LogP contribution is -2.53. The first-order chi connectivity index (χ1) is 24.2. The maximum atomic E-state index is 15.4. The van der Waals surface area contributed by atoms with Crippen LogP contribution in [0.25, 0.3) is 0 Å².